The van der Waals surface area contributed by atoms with Crippen LogP contribution in [0, 0.1) is 0 Å². The van der Waals surface area contributed by atoms with Gasteiger partial charge < -0.3 is 79.9 Å². The Morgan fingerprint density at radius 2 is 0.733 bits per heavy atom. The van der Waals surface area contributed by atoms with Gasteiger partial charge in [-0.15, -0.1) is 0 Å². The predicted molar refractivity (Wildman–Crippen MR) is 251 cm³/mol. The van der Waals surface area contributed by atoms with Gasteiger partial charge in [-0.2, -0.15) is 5.10 Å². The number of nitrogens with one attached hydrogen (secondary N) is 1. The van der Waals surface area contributed by atoms with Gasteiger partial charge in [0.25, 0.3) is 0 Å². The van der Waals surface area contributed by atoms with Crippen molar-refractivity contribution in [2.24, 2.45) is 0 Å². The molecule has 0 aliphatic carbocycles. The summed E-state index contributed by atoms with van der Waals surface area (Å²) in [7, 11) is 0. The Hall–Kier alpha value is -11.2. The van der Waals surface area contributed by atoms with Gasteiger partial charge in [-0.1, -0.05) is 42.5 Å². The molecule has 24 nitrogen and oxygen atoms in total. The van der Waals surface area contributed by atoms with Gasteiger partial charge in [0, 0.05) is 0 Å². The molecule has 1 aromatic heterocycles. The first-order chi connectivity index (χ1) is 35.6. The lowest BCUT2D eigenvalue weighted by Gasteiger charge is -2.13. The van der Waals surface area contributed by atoms with Crippen LogP contribution in [0.5, 0.6) is 86.2 Å². The number of aryl methyl sites for hydroxylation is 2. The van der Waals surface area contributed by atoms with Gasteiger partial charge in [0.2, 0.25) is 28.7 Å². The zero-order valence-corrected chi connectivity index (χ0v) is 37.7. The second-order valence-electron chi connectivity index (χ2n) is 15.9. The molecule has 0 saturated carbocycles. The molecular formula is C51H34N2O22. The van der Waals surface area contributed by atoms with E-state index in [9.17, 15) is 84.9 Å². The second kappa shape index (κ2) is 20.3. The van der Waals surface area contributed by atoms with Crippen molar-refractivity contribution in [2.45, 2.75) is 12.8 Å². The highest BCUT2D eigenvalue weighted by molar-refractivity contribution is 5.99. The molecule has 380 valence electrons. The van der Waals surface area contributed by atoms with Crippen LogP contribution in [0.2, 0.25) is 0 Å². The molecular weight excluding hydrogens is 993 g/mol. The summed E-state index contributed by atoms with van der Waals surface area (Å²) in [5, 5.41) is 122. The number of phenolic OH excluding ortho intramolecular Hbond substituents is 10. The van der Waals surface area contributed by atoms with E-state index in [1.807, 2.05) is 42.5 Å². The molecule has 75 heavy (non-hydrogen) atoms. The summed E-state index contributed by atoms with van der Waals surface area (Å²) >= 11 is 0. The summed E-state index contributed by atoms with van der Waals surface area (Å²) in [4.78, 5) is 77.4. The van der Waals surface area contributed by atoms with E-state index in [1.54, 1.807) is 0 Å². The molecule has 8 rings (SSSR count). The number of fused-ring (bicyclic) bond motifs is 1. The van der Waals surface area contributed by atoms with E-state index in [0.717, 1.165) is 22.4 Å². The highest BCUT2D eigenvalue weighted by atomic mass is 16.6. The fraction of sp³-hybridized carbons (Fsp3) is 0.0392. The number of aromatic carboxylic acids is 1. The van der Waals surface area contributed by atoms with Gasteiger partial charge in [-0.05, 0) is 95.9 Å². The maximum Gasteiger partial charge on any atom is 0.361 e. The number of hydrogen-bond donors (Lipinski definition) is 12. The molecule has 8 aromatic rings. The highest BCUT2D eigenvalue weighted by Gasteiger charge is 2.27. The van der Waals surface area contributed by atoms with E-state index in [1.165, 1.54) is 6.07 Å². The number of hydrogen-bond acceptors (Lipinski definition) is 22. The Kier molecular flexibility index (Phi) is 13.6. The van der Waals surface area contributed by atoms with Crippen LogP contribution < -0.4 is 23.7 Å². The summed E-state index contributed by atoms with van der Waals surface area (Å²) in [5.41, 5.74) is -2.01. The molecule has 0 atom stereocenters. The molecule has 0 fully saturated rings. The van der Waals surface area contributed by atoms with Gasteiger partial charge in [0.05, 0.1) is 33.5 Å². The molecule has 0 bridgehead atoms. The summed E-state index contributed by atoms with van der Waals surface area (Å²) in [5.74, 6) is -23.7. The van der Waals surface area contributed by atoms with Crippen LogP contribution in [0.4, 0.5) is 0 Å². The quantitative estimate of drug-likeness (QED) is 0.0328. The standard InChI is InChI=1S/C51H34N2O22/c54-31-10-24(46(64)65)15-36(41(31)59)71-47(66)25-11-32(55)42(60)37(16-25)72-48(67)26-12-33(56)43(61)38(17-26)73-49(68)27-13-34(57)44(62)39(18-27)74-50(69)28-14-35(58)45(63)40(19-28)75-51(70)30-20-29(52-53-30)8-6-21-5-7-22-3-1-2-4-23(22)9-21/h1-5,7,9-20,54-63H,6,8H2,(H,52,53)(H,64,65). The minimum atomic E-state index is -1.58. The number of H-pyrrole nitrogens is 1. The number of carboxylic acid groups (broad SMARTS) is 1. The van der Waals surface area contributed by atoms with Crippen LogP contribution in [0.3, 0.4) is 0 Å². The average Bonchev–Trinajstić information content (AvgIpc) is 3.86. The number of carbonyl (C=O) groups is 6. The van der Waals surface area contributed by atoms with Crippen molar-refractivity contribution in [1.82, 2.24) is 10.2 Å². The van der Waals surface area contributed by atoms with Crippen molar-refractivity contribution in [2.75, 3.05) is 0 Å². The number of aromatic nitrogens is 2. The lowest BCUT2D eigenvalue weighted by atomic mass is 10.0. The Bertz CT molecular complexity index is 3690. The van der Waals surface area contributed by atoms with E-state index in [4.69, 9.17) is 23.7 Å². The summed E-state index contributed by atoms with van der Waals surface area (Å²) in [6.45, 7) is 0. The number of carbonyl (C=O) groups excluding carboxylic acids is 5. The molecule has 0 amide bonds. The molecule has 7 aromatic carbocycles. The van der Waals surface area contributed by atoms with Crippen molar-refractivity contribution in [3.63, 3.8) is 0 Å². The molecule has 0 saturated heterocycles. The van der Waals surface area contributed by atoms with Crippen LogP contribution in [0.15, 0.2) is 109 Å². The zero-order chi connectivity index (χ0) is 54.0. The van der Waals surface area contributed by atoms with E-state index in [0.29, 0.717) is 73.1 Å². The second-order valence-corrected chi connectivity index (χ2v) is 15.9. The van der Waals surface area contributed by atoms with Gasteiger partial charge >= 0.3 is 35.8 Å². The number of aromatic amines is 1. The number of nitrogens with zero attached hydrogens (tertiary/aromatic N) is 1. The van der Waals surface area contributed by atoms with Crippen LogP contribution in [0.1, 0.15) is 73.5 Å². The SMILES string of the molecule is O=C(O)c1cc(O)c(O)c(OC(=O)c2cc(O)c(O)c(OC(=O)c3cc(O)c(O)c(OC(=O)c4cc(O)c(O)c(OC(=O)c5cc(O)c(O)c(OC(=O)c6cc(CCc7ccc8ccccc8c7)n[nH]6)c5)c4)c3)c2)c1. The number of phenols is 10. The van der Waals surface area contributed by atoms with E-state index >= 15 is 0 Å². The number of carboxylic acids is 1. The monoisotopic (exact) mass is 1030 g/mol. The topological polar surface area (TPSA) is 400 Å². The molecule has 0 aliphatic heterocycles. The van der Waals surface area contributed by atoms with Crippen molar-refractivity contribution < 1.29 is 109 Å². The lowest BCUT2D eigenvalue weighted by molar-refractivity contribution is 0.0684. The molecule has 24 heteroatoms. The fourth-order valence-electron chi connectivity index (χ4n) is 7.00. The Balaban J connectivity index is 0.942. The average molecular weight is 1030 g/mol. The van der Waals surface area contributed by atoms with Crippen molar-refractivity contribution in [1.29, 1.82) is 0 Å². The van der Waals surface area contributed by atoms with E-state index in [-0.39, 0.29) is 5.69 Å². The van der Waals surface area contributed by atoms with Gasteiger partial charge in [0.1, 0.15) is 5.69 Å². The molecule has 1 heterocycles. The summed E-state index contributed by atoms with van der Waals surface area (Å²) in [6.07, 6.45) is 1.00. The van der Waals surface area contributed by atoms with Gasteiger partial charge in [0.15, 0.2) is 57.5 Å². The predicted octanol–water partition coefficient (Wildman–Crippen LogP) is 6.20. The van der Waals surface area contributed by atoms with E-state index < -0.39 is 150 Å². The van der Waals surface area contributed by atoms with E-state index in [2.05, 4.69) is 10.2 Å². The molecule has 0 radical (unpaired) electrons. The smallest absolute Gasteiger partial charge is 0.361 e. The summed E-state index contributed by atoms with van der Waals surface area (Å²) < 4.78 is 25.5. The minimum absolute atomic E-state index is 0.156. The number of benzene rings is 7. The third-order valence-electron chi connectivity index (χ3n) is 10.8. The maximum atomic E-state index is 13.4. The normalized spacial score (nSPS) is 10.9. The number of ether oxygens (including phenoxy) is 5. The Morgan fingerprint density at radius 1 is 0.387 bits per heavy atom. The highest BCUT2D eigenvalue weighted by Crippen LogP contribution is 2.43. The van der Waals surface area contributed by atoms with Crippen molar-refractivity contribution >= 4 is 46.6 Å². The molecule has 0 unspecified atom stereocenters. The van der Waals surface area contributed by atoms with Crippen LogP contribution >= 0.6 is 0 Å². The molecule has 0 spiro atoms. The number of aromatic hydroxyl groups is 10. The zero-order valence-electron chi connectivity index (χ0n) is 37.7. The number of rotatable bonds is 14. The first-order valence-electron chi connectivity index (χ1n) is 21.3. The Morgan fingerprint density at radius 3 is 1.12 bits per heavy atom. The van der Waals surface area contributed by atoms with Crippen LogP contribution in [0.25, 0.3) is 10.8 Å². The first kappa shape index (κ1) is 50.2. The lowest BCUT2D eigenvalue weighted by Crippen LogP contribution is -2.14. The maximum absolute atomic E-state index is 13.4. The minimum Gasteiger partial charge on any atom is -0.504 e. The van der Waals surface area contributed by atoms with Crippen molar-refractivity contribution in [3.05, 3.63) is 154 Å². The van der Waals surface area contributed by atoms with Crippen LogP contribution in [-0.4, -0.2) is 102 Å². The Labute approximate surface area is 417 Å². The first-order valence-corrected chi connectivity index (χ1v) is 21.3. The summed E-state index contributed by atoms with van der Waals surface area (Å²) in [6, 6.07) is 21.8. The van der Waals surface area contributed by atoms with Crippen molar-refractivity contribution in [3.8, 4) is 86.2 Å². The largest absolute Gasteiger partial charge is 0.504 e. The third-order valence-corrected chi connectivity index (χ3v) is 10.8. The molecule has 0 aliphatic rings. The number of esters is 5. The fourth-order valence-corrected chi connectivity index (χ4v) is 7.00. The molecule has 12 N–H and O–H groups in total. The van der Waals surface area contributed by atoms with Gasteiger partial charge in [-0.25, -0.2) is 28.8 Å². The third kappa shape index (κ3) is 10.8. The van der Waals surface area contributed by atoms with Gasteiger partial charge in [-0.3, -0.25) is 5.10 Å². The van der Waals surface area contributed by atoms with Crippen LogP contribution in [-0.2, 0) is 12.8 Å².